The minimum Gasteiger partial charge on any atom is -0.278 e. The molecule has 1 aliphatic rings. The fourth-order valence-corrected chi connectivity index (χ4v) is 9.02. The molecule has 9 aromatic rings. The standard InChI is InChI=1S/C41H27N3S/c1-41(2)30-21-11-8-18-27(30)33-25-16-6-7-17-26(25)34-28-19-9-12-22-31(28)44(38(34)35(33)41)40-42-36(24-14-4-3-5-15-24)39-37(43-40)29-20-10-13-23-32(29)45-39/h3-23H,1-2H3. The Labute approximate surface area is 264 Å². The summed E-state index contributed by atoms with van der Waals surface area (Å²) in [6.45, 7) is 4.75. The SMILES string of the molecule is CC1(C)c2ccccc2-c2c1c1c(c3ccccc23)c2ccccc2n1-c1nc(-c2ccccc2)c2sc3ccccc3c2n1. The molecule has 1 aliphatic carbocycles. The van der Waals surface area contributed by atoms with Gasteiger partial charge in [-0.15, -0.1) is 11.3 Å². The van der Waals surface area contributed by atoms with Crippen molar-refractivity contribution >= 4 is 64.2 Å². The number of aromatic nitrogens is 3. The lowest BCUT2D eigenvalue weighted by Crippen LogP contribution is -2.17. The van der Waals surface area contributed by atoms with Gasteiger partial charge in [-0.2, -0.15) is 0 Å². The van der Waals surface area contributed by atoms with E-state index < -0.39 is 0 Å². The quantitative estimate of drug-likeness (QED) is 0.200. The van der Waals surface area contributed by atoms with Crippen LogP contribution in [0.1, 0.15) is 25.0 Å². The van der Waals surface area contributed by atoms with Gasteiger partial charge in [0.05, 0.1) is 26.9 Å². The van der Waals surface area contributed by atoms with Crippen LogP contribution in [0.15, 0.2) is 127 Å². The minimum absolute atomic E-state index is 0.220. The summed E-state index contributed by atoms with van der Waals surface area (Å²) in [6.07, 6.45) is 0. The van der Waals surface area contributed by atoms with E-state index in [0.717, 1.165) is 27.0 Å². The molecule has 0 unspecified atom stereocenters. The second-order valence-electron chi connectivity index (χ2n) is 12.6. The predicted octanol–water partition coefficient (Wildman–Crippen LogP) is 11.1. The van der Waals surface area contributed by atoms with Crippen molar-refractivity contribution in [1.82, 2.24) is 14.5 Å². The van der Waals surface area contributed by atoms with Gasteiger partial charge in [-0.05, 0) is 45.2 Å². The van der Waals surface area contributed by atoms with E-state index in [1.54, 1.807) is 11.3 Å². The van der Waals surface area contributed by atoms with Crippen molar-refractivity contribution in [3.05, 3.63) is 139 Å². The van der Waals surface area contributed by atoms with Crippen molar-refractivity contribution in [3.8, 4) is 28.3 Å². The molecule has 0 saturated carbocycles. The Morgan fingerprint density at radius 3 is 2.13 bits per heavy atom. The third kappa shape index (κ3) is 3.24. The van der Waals surface area contributed by atoms with Crippen LogP contribution in [-0.2, 0) is 5.41 Å². The molecule has 4 heteroatoms. The average Bonchev–Trinajstić information content (AvgIpc) is 3.71. The van der Waals surface area contributed by atoms with Crippen molar-refractivity contribution < 1.29 is 0 Å². The van der Waals surface area contributed by atoms with Crippen LogP contribution in [0.3, 0.4) is 0 Å². The Bertz CT molecular complexity index is 2680. The van der Waals surface area contributed by atoms with E-state index >= 15 is 0 Å². The van der Waals surface area contributed by atoms with Gasteiger partial charge in [0.2, 0.25) is 5.95 Å². The molecule has 0 atom stereocenters. The van der Waals surface area contributed by atoms with Crippen molar-refractivity contribution in [2.75, 3.05) is 0 Å². The van der Waals surface area contributed by atoms with Crippen LogP contribution in [0.5, 0.6) is 0 Å². The lowest BCUT2D eigenvalue weighted by molar-refractivity contribution is 0.664. The van der Waals surface area contributed by atoms with E-state index in [4.69, 9.17) is 9.97 Å². The van der Waals surface area contributed by atoms with Gasteiger partial charge in [-0.1, -0.05) is 129 Å². The first-order valence-electron chi connectivity index (χ1n) is 15.4. The smallest absolute Gasteiger partial charge is 0.235 e. The summed E-state index contributed by atoms with van der Waals surface area (Å²) < 4.78 is 4.71. The van der Waals surface area contributed by atoms with E-state index in [1.165, 1.54) is 59.4 Å². The van der Waals surface area contributed by atoms with Crippen LogP contribution in [0.25, 0.3) is 81.2 Å². The van der Waals surface area contributed by atoms with E-state index in [2.05, 4.69) is 146 Å². The highest BCUT2D eigenvalue weighted by molar-refractivity contribution is 7.26. The fraction of sp³-hybridized carbons (Fsp3) is 0.0732. The van der Waals surface area contributed by atoms with Gasteiger partial charge in [0.1, 0.15) is 0 Å². The van der Waals surface area contributed by atoms with Crippen molar-refractivity contribution in [2.24, 2.45) is 0 Å². The van der Waals surface area contributed by atoms with Gasteiger partial charge in [-0.3, -0.25) is 4.57 Å². The maximum atomic E-state index is 5.47. The molecule has 0 amide bonds. The van der Waals surface area contributed by atoms with Crippen LogP contribution in [-0.4, -0.2) is 14.5 Å². The van der Waals surface area contributed by atoms with Crippen LogP contribution in [0, 0.1) is 0 Å². The number of nitrogens with zero attached hydrogens (tertiary/aromatic N) is 3. The summed E-state index contributed by atoms with van der Waals surface area (Å²) in [4.78, 5) is 10.9. The number of hydrogen-bond acceptors (Lipinski definition) is 3. The molecule has 0 spiro atoms. The van der Waals surface area contributed by atoms with E-state index in [9.17, 15) is 0 Å². The minimum atomic E-state index is -0.220. The van der Waals surface area contributed by atoms with Gasteiger partial charge < -0.3 is 0 Å². The number of fused-ring (bicyclic) bond motifs is 13. The van der Waals surface area contributed by atoms with E-state index in [1.807, 2.05) is 0 Å². The number of hydrogen-bond donors (Lipinski definition) is 0. The normalized spacial score (nSPS) is 13.7. The Kier molecular flexibility index (Phi) is 4.94. The summed E-state index contributed by atoms with van der Waals surface area (Å²) in [5.41, 5.74) is 10.5. The maximum absolute atomic E-state index is 5.47. The first-order valence-corrected chi connectivity index (χ1v) is 16.3. The highest BCUT2D eigenvalue weighted by Crippen LogP contribution is 2.56. The van der Waals surface area contributed by atoms with Crippen LogP contribution in [0.4, 0.5) is 0 Å². The Hall–Kier alpha value is -5.32. The van der Waals surface area contributed by atoms with Gasteiger partial charge in [0.25, 0.3) is 0 Å². The second-order valence-corrected chi connectivity index (χ2v) is 13.6. The molecule has 0 radical (unpaired) electrons. The van der Waals surface area contributed by atoms with Gasteiger partial charge in [-0.25, -0.2) is 9.97 Å². The molecule has 3 aromatic heterocycles. The lowest BCUT2D eigenvalue weighted by atomic mass is 9.80. The molecule has 3 nitrogen and oxygen atoms in total. The van der Waals surface area contributed by atoms with Crippen molar-refractivity contribution in [1.29, 1.82) is 0 Å². The third-order valence-corrected chi connectivity index (χ3v) is 10.9. The second kappa shape index (κ2) is 8.87. The molecular formula is C41H27N3S. The van der Waals surface area contributed by atoms with Crippen LogP contribution >= 0.6 is 11.3 Å². The zero-order chi connectivity index (χ0) is 29.9. The van der Waals surface area contributed by atoms with Gasteiger partial charge >= 0.3 is 0 Å². The highest BCUT2D eigenvalue weighted by Gasteiger charge is 2.40. The fourth-order valence-electron chi connectivity index (χ4n) is 7.87. The van der Waals surface area contributed by atoms with E-state index in [0.29, 0.717) is 5.95 Å². The molecule has 0 fully saturated rings. The molecule has 0 aliphatic heterocycles. The molecule has 0 bridgehead atoms. The highest BCUT2D eigenvalue weighted by atomic mass is 32.1. The summed E-state index contributed by atoms with van der Waals surface area (Å²) in [5.74, 6) is 0.709. The largest absolute Gasteiger partial charge is 0.278 e. The third-order valence-electron chi connectivity index (χ3n) is 9.78. The topological polar surface area (TPSA) is 30.7 Å². The monoisotopic (exact) mass is 593 g/mol. The van der Waals surface area contributed by atoms with Crippen molar-refractivity contribution in [2.45, 2.75) is 19.3 Å². The van der Waals surface area contributed by atoms with Crippen LogP contribution in [0.2, 0.25) is 0 Å². The molecule has 6 aromatic carbocycles. The predicted molar refractivity (Wildman–Crippen MR) is 190 cm³/mol. The molecule has 212 valence electrons. The number of rotatable bonds is 2. The zero-order valence-corrected chi connectivity index (χ0v) is 25.7. The van der Waals surface area contributed by atoms with Crippen molar-refractivity contribution in [3.63, 3.8) is 0 Å². The van der Waals surface area contributed by atoms with Gasteiger partial charge in [0, 0.05) is 31.8 Å². The summed E-state index contributed by atoms with van der Waals surface area (Å²) in [7, 11) is 0. The average molecular weight is 594 g/mol. The number of benzene rings is 6. The van der Waals surface area contributed by atoms with E-state index in [-0.39, 0.29) is 5.41 Å². The summed E-state index contributed by atoms with van der Waals surface area (Å²) in [5, 5.41) is 6.21. The number of thiophene rings is 1. The maximum Gasteiger partial charge on any atom is 0.235 e. The first-order chi connectivity index (χ1) is 22.1. The lowest BCUT2D eigenvalue weighted by Gasteiger charge is -2.24. The van der Waals surface area contributed by atoms with Crippen LogP contribution < -0.4 is 0 Å². The summed E-state index contributed by atoms with van der Waals surface area (Å²) >= 11 is 1.78. The molecule has 0 N–H and O–H groups in total. The number of para-hydroxylation sites is 1. The molecule has 10 rings (SSSR count). The first kappa shape index (κ1) is 25.1. The Morgan fingerprint density at radius 2 is 1.29 bits per heavy atom. The molecule has 45 heavy (non-hydrogen) atoms. The van der Waals surface area contributed by atoms with Gasteiger partial charge in [0.15, 0.2) is 0 Å². The molecule has 0 saturated heterocycles. The molecular weight excluding hydrogens is 567 g/mol. The summed E-state index contributed by atoms with van der Waals surface area (Å²) in [6, 6.07) is 45.8. The zero-order valence-electron chi connectivity index (χ0n) is 24.9. The Balaban J connectivity index is 1.45. The Morgan fingerprint density at radius 1 is 0.622 bits per heavy atom. The molecule has 3 heterocycles.